The van der Waals surface area contributed by atoms with Crippen LogP contribution in [0.3, 0.4) is 0 Å². The van der Waals surface area contributed by atoms with Crippen LogP contribution in [0, 0.1) is 5.82 Å². The molecule has 0 spiro atoms. The topological polar surface area (TPSA) is 55.4 Å². The Kier molecular flexibility index (Phi) is 4.84. The monoisotopic (exact) mass is 395 g/mol. The molecule has 1 aliphatic heterocycles. The molecule has 6 heteroatoms. The highest BCUT2D eigenvalue weighted by Gasteiger charge is 2.28. The molecule has 0 radical (unpaired) electrons. The molecule has 0 aromatic heterocycles. The van der Waals surface area contributed by atoms with Crippen molar-refractivity contribution in [1.29, 1.82) is 0 Å². The van der Waals surface area contributed by atoms with Gasteiger partial charge >= 0.3 is 5.97 Å². The predicted octanol–water partition coefficient (Wildman–Crippen LogP) is 5.19. The van der Waals surface area contributed by atoms with Crippen LogP contribution in [0.5, 0.6) is 0 Å². The summed E-state index contributed by atoms with van der Waals surface area (Å²) in [5.74, 6) is -1.14. The number of anilines is 1. The Labute approximate surface area is 165 Å². The first-order valence-electron chi connectivity index (χ1n) is 8.66. The highest BCUT2D eigenvalue weighted by molar-refractivity contribution is 6.30. The van der Waals surface area contributed by atoms with Gasteiger partial charge in [0.05, 0.1) is 5.56 Å². The number of carbonyl (C=O) groups is 2. The van der Waals surface area contributed by atoms with E-state index >= 15 is 0 Å². The van der Waals surface area contributed by atoms with Gasteiger partial charge in [0, 0.05) is 22.7 Å². The number of ether oxygens (including phenoxy) is 1. The Morgan fingerprint density at radius 1 is 1.04 bits per heavy atom. The third kappa shape index (κ3) is 3.75. The van der Waals surface area contributed by atoms with Crippen molar-refractivity contribution in [3.8, 4) is 0 Å². The molecule has 0 saturated heterocycles. The molecule has 3 aromatic carbocycles. The lowest BCUT2D eigenvalue weighted by Crippen LogP contribution is -2.23. The molecular formula is C22H15ClFNO3. The maximum absolute atomic E-state index is 13.0. The smallest absolute Gasteiger partial charge is 0.339 e. The van der Waals surface area contributed by atoms with Gasteiger partial charge in [0.2, 0.25) is 0 Å². The summed E-state index contributed by atoms with van der Waals surface area (Å²) in [7, 11) is 0. The summed E-state index contributed by atoms with van der Waals surface area (Å²) in [6.07, 6.45) is 0.0214. The lowest BCUT2D eigenvalue weighted by Gasteiger charge is -2.25. The van der Waals surface area contributed by atoms with E-state index in [9.17, 15) is 14.0 Å². The van der Waals surface area contributed by atoms with E-state index in [0.29, 0.717) is 28.3 Å². The number of fused-ring (bicyclic) bond motifs is 1. The van der Waals surface area contributed by atoms with Crippen molar-refractivity contribution >= 4 is 29.2 Å². The van der Waals surface area contributed by atoms with Crippen LogP contribution in [-0.2, 0) is 11.2 Å². The molecule has 140 valence electrons. The molecule has 1 atom stereocenters. The molecular weight excluding hydrogens is 381 g/mol. The number of esters is 1. The van der Waals surface area contributed by atoms with Gasteiger partial charge in [-0.2, -0.15) is 0 Å². The van der Waals surface area contributed by atoms with Crippen LogP contribution in [0.4, 0.5) is 10.1 Å². The summed E-state index contributed by atoms with van der Waals surface area (Å²) in [6, 6.07) is 17.5. The van der Waals surface area contributed by atoms with Gasteiger partial charge in [0.1, 0.15) is 11.9 Å². The average molecular weight is 396 g/mol. The third-order valence-corrected chi connectivity index (χ3v) is 4.84. The van der Waals surface area contributed by atoms with E-state index in [2.05, 4.69) is 5.32 Å². The van der Waals surface area contributed by atoms with E-state index in [-0.39, 0.29) is 11.7 Å². The number of rotatable bonds is 3. The quantitative estimate of drug-likeness (QED) is 0.621. The Morgan fingerprint density at radius 3 is 2.46 bits per heavy atom. The second kappa shape index (κ2) is 7.44. The van der Waals surface area contributed by atoms with Crippen molar-refractivity contribution in [1.82, 2.24) is 0 Å². The van der Waals surface area contributed by atoms with Crippen molar-refractivity contribution in [2.24, 2.45) is 0 Å². The fraction of sp³-hybridized carbons (Fsp3) is 0.0909. The number of carbonyl (C=O) groups excluding carboxylic acids is 2. The summed E-state index contributed by atoms with van der Waals surface area (Å²) < 4.78 is 18.5. The number of cyclic esters (lactones) is 1. The summed E-state index contributed by atoms with van der Waals surface area (Å²) >= 11 is 5.92. The van der Waals surface area contributed by atoms with Gasteiger partial charge < -0.3 is 10.1 Å². The summed E-state index contributed by atoms with van der Waals surface area (Å²) in [5, 5.41) is 3.32. The normalized spacial score (nSPS) is 15.5. The van der Waals surface area contributed by atoms with Crippen LogP contribution in [0.1, 0.15) is 37.9 Å². The van der Waals surface area contributed by atoms with Crippen molar-refractivity contribution in [3.05, 3.63) is 99.8 Å². The number of hydrogen-bond donors (Lipinski definition) is 1. The zero-order valence-corrected chi connectivity index (χ0v) is 15.4. The second-order valence-electron chi connectivity index (χ2n) is 6.48. The van der Waals surface area contributed by atoms with E-state index in [1.165, 1.54) is 24.3 Å². The van der Waals surface area contributed by atoms with E-state index in [0.717, 1.165) is 11.1 Å². The molecule has 1 amide bonds. The molecule has 0 aliphatic carbocycles. The van der Waals surface area contributed by atoms with E-state index < -0.39 is 12.1 Å². The molecule has 0 fully saturated rings. The van der Waals surface area contributed by atoms with Gasteiger partial charge in [0.25, 0.3) is 5.91 Å². The fourth-order valence-electron chi connectivity index (χ4n) is 3.14. The highest BCUT2D eigenvalue weighted by atomic mass is 35.5. The van der Waals surface area contributed by atoms with Crippen LogP contribution in [-0.4, -0.2) is 11.9 Å². The van der Waals surface area contributed by atoms with Gasteiger partial charge in [-0.15, -0.1) is 0 Å². The zero-order chi connectivity index (χ0) is 19.7. The van der Waals surface area contributed by atoms with Gasteiger partial charge in [0.15, 0.2) is 0 Å². The minimum Gasteiger partial charge on any atom is -0.454 e. The molecule has 3 aromatic rings. The van der Waals surface area contributed by atoms with Crippen molar-refractivity contribution in [2.45, 2.75) is 12.5 Å². The molecule has 1 N–H and O–H groups in total. The molecule has 28 heavy (non-hydrogen) atoms. The number of amides is 1. The third-order valence-electron chi connectivity index (χ3n) is 4.59. The van der Waals surface area contributed by atoms with Gasteiger partial charge in [-0.1, -0.05) is 23.7 Å². The summed E-state index contributed by atoms with van der Waals surface area (Å²) in [6.45, 7) is 0. The molecule has 4 rings (SSSR count). The summed E-state index contributed by atoms with van der Waals surface area (Å²) in [5.41, 5.74) is 2.92. The van der Waals surface area contributed by atoms with Crippen molar-refractivity contribution in [3.63, 3.8) is 0 Å². The number of benzene rings is 3. The lowest BCUT2D eigenvalue weighted by molar-refractivity contribution is 0.0252. The SMILES string of the molecule is O=C(Nc1ccc(F)cc1)c1ccc2c(c1)CC(c1ccc(Cl)cc1)OC2=O. The van der Waals surface area contributed by atoms with Gasteiger partial charge in [-0.3, -0.25) is 4.79 Å². The Morgan fingerprint density at radius 2 is 1.75 bits per heavy atom. The maximum Gasteiger partial charge on any atom is 0.339 e. The predicted molar refractivity (Wildman–Crippen MR) is 104 cm³/mol. The largest absolute Gasteiger partial charge is 0.454 e. The van der Waals surface area contributed by atoms with Crippen molar-refractivity contribution < 1.29 is 18.7 Å². The van der Waals surface area contributed by atoms with Crippen LogP contribution in [0.25, 0.3) is 0 Å². The van der Waals surface area contributed by atoms with Crippen LogP contribution in [0.15, 0.2) is 66.7 Å². The second-order valence-corrected chi connectivity index (χ2v) is 6.92. The molecule has 0 bridgehead atoms. The maximum atomic E-state index is 13.0. The highest BCUT2D eigenvalue weighted by Crippen LogP contribution is 2.31. The number of halogens is 2. The van der Waals surface area contributed by atoms with Gasteiger partial charge in [-0.25, -0.2) is 9.18 Å². The van der Waals surface area contributed by atoms with Crippen molar-refractivity contribution in [2.75, 3.05) is 5.32 Å². The molecule has 4 nitrogen and oxygen atoms in total. The van der Waals surface area contributed by atoms with E-state index in [1.807, 2.05) is 12.1 Å². The minimum atomic E-state index is -0.437. The Bertz CT molecular complexity index is 1050. The molecule has 1 unspecified atom stereocenters. The first kappa shape index (κ1) is 18.2. The zero-order valence-electron chi connectivity index (χ0n) is 14.6. The summed E-state index contributed by atoms with van der Waals surface area (Å²) in [4.78, 5) is 24.9. The fourth-order valence-corrected chi connectivity index (χ4v) is 3.26. The van der Waals surface area contributed by atoms with Crippen LogP contribution >= 0.6 is 11.6 Å². The standard InChI is InChI=1S/C22H15ClFNO3/c23-16-4-1-13(2-5-16)20-12-15-11-14(3-10-19(15)22(27)28-20)21(26)25-18-8-6-17(24)7-9-18/h1-11,20H,12H2,(H,25,26). The molecule has 1 aliphatic rings. The average Bonchev–Trinajstić information content (AvgIpc) is 2.69. The first-order chi connectivity index (χ1) is 13.5. The number of hydrogen-bond acceptors (Lipinski definition) is 3. The number of nitrogens with one attached hydrogen (secondary N) is 1. The van der Waals surface area contributed by atoms with E-state index in [1.54, 1.807) is 30.3 Å². The Balaban J connectivity index is 1.57. The van der Waals surface area contributed by atoms with Crippen LogP contribution in [0.2, 0.25) is 5.02 Å². The first-order valence-corrected chi connectivity index (χ1v) is 9.04. The van der Waals surface area contributed by atoms with Crippen LogP contribution < -0.4 is 5.32 Å². The minimum absolute atomic E-state index is 0.337. The van der Waals surface area contributed by atoms with Gasteiger partial charge in [-0.05, 0) is 65.7 Å². The molecule has 0 saturated carbocycles. The Hall–Kier alpha value is -3.18. The molecule has 1 heterocycles. The lowest BCUT2D eigenvalue weighted by atomic mass is 9.93. The van der Waals surface area contributed by atoms with E-state index in [4.69, 9.17) is 16.3 Å².